The summed E-state index contributed by atoms with van der Waals surface area (Å²) in [5, 5.41) is 10.6. The van der Waals surface area contributed by atoms with E-state index in [-0.39, 0.29) is 0 Å². The zero-order valence-electron chi connectivity index (χ0n) is 11.3. The minimum Gasteiger partial charge on any atom is -0.357 e. The van der Waals surface area contributed by atoms with E-state index in [9.17, 15) is 0 Å². The molecule has 0 spiro atoms. The van der Waals surface area contributed by atoms with Gasteiger partial charge in [-0.3, -0.25) is 9.67 Å². The van der Waals surface area contributed by atoms with Crippen LogP contribution in [0.5, 0.6) is 0 Å². The van der Waals surface area contributed by atoms with Crippen molar-refractivity contribution in [3.63, 3.8) is 0 Å². The van der Waals surface area contributed by atoms with Crippen molar-refractivity contribution in [3.8, 4) is 0 Å². The van der Waals surface area contributed by atoms with E-state index in [2.05, 4.69) is 41.2 Å². The molecule has 0 aliphatic heterocycles. The molecular weight excluding hydrogens is 226 g/mol. The highest BCUT2D eigenvalue weighted by Crippen LogP contribution is 2.00. The smallest absolute Gasteiger partial charge is 0.191 e. The molecule has 0 radical (unpaired) electrons. The first-order chi connectivity index (χ1) is 8.76. The van der Waals surface area contributed by atoms with Crippen LogP contribution >= 0.6 is 0 Å². The minimum absolute atomic E-state index is 0.448. The summed E-state index contributed by atoms with van der Waals surface area (Å²) in [7, 11) is 0. The molecule has 1 unspecified atom stereocenters. The fourth-order valence-electron chi connectivity index (χ4n) is 1.54. The quantitative estimate of drug-likeness (QED) is 0.434. The van der Waals surface area contributed by atoms with Crippen LogP contribution < -0.4 is 10.6 Å². The Bertz CT molecular complexity index is 355. The van der Waals surface area contributed by atoms with Crippen molar-refractivity contribution in [3.05, 3.63) is 31.1 Å². The van der Waals surface area contributed by atoms with E-state index in [0.29, 0.717) is 5.92 Å². The molecule has 0 amide bonds. The minimum atomic E-state index is 0.448. The zero-order chi connectivity index (χ0) is 13.2. The first-order valence-electron chi connectivity index (χ1n) is 6.36. The van der Waals surface area contributed by atoms with Crippen molar-refractivity contribution in [1.82, 2.24) is 20.4 Å². The van der Waals surface area contributed by atoms with Gasteiger partial charge in [0, 0.05) is 38.6 Å². The number of aromatic nitrogens is 2. The number of aliphatic imine (C=N–C) groups is 1. The summed E-state index contributed by atoms with van der Waals surface area (Å²) in [4.78, 5) is 4.54. The van der Waals surface area contributed by atoms with Gasteiger partial charge in [0.15, 0.2) is 5.96 Å². The standard InChI is InChI=1S/C13H23N5/c1-4-7-15-13(14-5-2)16-10-12(3)11-18-9-6-8-17-18/h4,6,8-9,12H,1,5,7,10-11H2,2-3H3,(H2,14,15,16). The van der Waals surface area contributed by atoms with E-state index in [1.54, 1.807) is 6.20 Å². The summed E-state index contributed by atoms with van der Waals surface area (Å²) in [5.41, 5.74) is 0. The Hall–Kier alpha value is -1.78. The van der Waals surface area contributed by atoms with Gasteiger partial charge in [-0.15, -0.1) is 6.58 Å². The lowest BCUT2D eigenvalue weighted by atomic mass is 10.2. The van der Waals surface area contributed by atoms with Crippen LogP contribution in [0.15, 0.2) is 36.1 Å². The summed E-state index contributed by atoms with van der Waals surface area (Å²) in [6.07, 6.45) is 5.59. The molecule has 5 nitrogen and oxygen atoms in total. The van der Waals surface area contributed by atoms with E-state index in [4.69, 9.17) is 0 Å². The molecule has 0 fully saturated rings. The summed E-state index contributed by atoms with van der Waals surface area (Å²) in [6.45, 7) is 11.1. The molecule has 0 saturated heterocycles. The van der Waals surface area contributed by atoms with Crippen molar-refractivity contribution in [2.24, 2.45) is 10.9 Å². The normalized spacial score (nSPS) is 13.1. The summed E-state index contributed by atoms with van der Waals surface area (Å²) >= 11 is 0. The number of rotatable bonds is 7. The third-order valence-corrected chi connectivity index (χ3v) is 2.38. The van der Waals surface area contributed by atoms with E-state index in [0.717, 1.165) is 32.1 Å². The van der Waals surface area contributed by atoms with Crippen LogP contribution in [-0.4, -0.2) is 35.4 Å². The Kier molecular flexibility index (Phi) is 6.61. The lowest BCUT2D eigenvalue weighted by Crippen LogP contribution is -2.37. The highest BCUT2D eigenvalue weighted by molar-refractivity contribution is 5.79. The maximum Gasteiger partial charge on any atom is 0.191 e. The molecule has 1 aromatic heterocycles. The van der Waals surface area contributed by atoms with Crippen molar-refractivity contribution in [1.29, 1.82) is 0 Å². The highest BCUT2D eigenvalue weighted by Gasteiger charge is 2.03. The second-order valence-corrected chi connectivity index (χ2v) is 4.22. The molecule has 1 heterocycles. The predicted molar refractivity (Wildman–Crippen MR) is 75.6 cm³/mol. The molecule has 0 aromatic carbocycles. The number of guanidine groups is 1. The van der Waals surface area contributed by atoms with Crippen LogP contribution in [0.4, 0.5) is 0 Å². The van der Waals surface area contributed by atoms with Crippen LogP contribution in [0.3, 0.4) is 0 Å². The monoisotopic (exact) mass is 249 g/mol. The van der Waals surface area contributed by atoms with Crippen molar-refractivity contribution < 1.29 is 0 Å². The lowest BCUT2D eigenvalue weighted by molar-refractivity contribution is 0.458. The van der Waals surface area contributed by atoms with Crippen molar-refractivity contribution in [2.75, 3.05) is 19.6 Å². The molecule has 18 heavy (non-hydrogen) atoms. The largest absolute Gasteiger partial charge is 0.357 e. The zero-order valence-corrected chi connectivity index (χ0v) is 11.3. The van der Waals surface area contributed by atoms with Gasteiger partial charge in [-0.2, -0.15) is 5.10 Å². The summed E-state index contributed by atoms with van der Waals surface area (Å²) in [6, 6.07) is 1.94. The maximum atomic E-state index is 4.54. The van der Waals surface area contributed by atoms with E-state index >= 15 is 0 Å². The van der Waals surface area contributed by atoms with Crippen molar-refractivity contribution >= 4 is 5.96 Å². The van der Waals surface area contributed by atoms with Crippen LogP contribution in [0.25, 0.3) is 0 Å². The Morgan fingerprint density at radius 1 is 1.56 bits per heavy atom. The molecule has 100 valence electrons. The third kappa shape index (κ3) is 5.52. The Balaban J connectivity index is 2.40. The molecule has 5 heteroatoms. The van der Waals surface area contributed by atoms with Crippen LogP contribution in [0.2, 0.25) is 0 Å². The van der Waals surface area contributed by atoms with E-state index in [1.165, 1.54) is 0 Å². The molecule has 1 atom stereocenters. The van der Waals surface area contributed by atoms with Crippen molar-refractivity contribution in [2.45, 2.75) is 20.4 Å². The molecule has 0 saturated carbocycles. The second kappa shape index (κ2) is 8.33. The summed E-state index contributed by atoms with van der Waals surface area (Å²) in [5.74, 6) is 1.29. The SMILES string of the molecule is C=CCNC(=NCC(C)Cn1cccn1)NCC. The first-order valence-corrected chi connectivity index (χ1v) is 6.36. The van der Waals surface area contributed by atoms with Gasteiger partial charge in [-0.25, -0.2) is 0 Å². The molecule has 1 aromatic rings. The van der Waals surface area contributed by atoms with Gasteiger partial charge in [0.1, 0.15) is 0 Å². The average molecular weight is 249 g/mol. The second-order valence-electron chi connectivity index (χ2n) is 4.22. The first kappa shape index (κ1) is 14.3. The Morgan fingerprint density at radius 3 is 3.00 bits per heavy atom. The Labute approximate surface area is 109 Å². The van der Waals surface area contributed by atoms with Gasteiger partial charge < -0.3 is 10.6 Å². The van der Waals surface area contributed by atoms with Crippen LogP contribution in [0.1, 0.15) is 13.8 Å². The van der Waals surface area contributed by atoms with Gasteiger partial charge >= 0.3 is 0 Å². The molecular formula is C13H23N5. The van der Waals surface area contributed by atoms with Gasteiger partial charge in [-0.05, 0) is 18.9 Å². The molecule has 0 aliphatic carbocycles. The lowest BCUT2D eigenvalue weighted by Gasteiger charge is -2.12. The van der Waals surface area contributed by atoms with Crippen LogP contribution in [0, 0.1) is 5.92 Å². The highest BCUT2D eigenvalue weighted by atomic mass is 15.3. The maximum absolute atomic E-state index is 4.54. The fraction of sp³-hybridized carbons (Fsp3) is 0.538. The number of nitrogens with zero attached hydrogens (tertiary/aromatic N) is 3. The number of hydrogen-bond acceptors (Lipinski definition) is 2. The Morgan fingerprint density at radius 2 is 2.39 bits per heavy atom. The molecule has 2 N–H and O–H groups in total. The van der Waals surface area contributed by atoms with Gasteiger partial charge in [0.25, 0.3) is 0 Å². The topological polar surface area (TPSA) is 54.2 Å². The number of hydrogen-bond donors (Lipinski definition) is 2. The van der Waals surface area contributed by atoms with Gasteiger partial charge in [0.2, 0.25) is 0 Å². The number of nitrogens with one attached hydrogen (secondary N) is 2. The molecule has 0 aliphatic rings. The molecule has 0 bridgehead atoms. The van der Waals surface area contributed by atoms with Gasteiger partial charge in [0.05, 0.1) is 0 Å². The average Bonchev–Trinajstić information content (AvgIpc) is 2.85. The third-order valence-electron chi connectivity index (χ3n) is 2.38. The van der Waals surface area contributed by atoms with Crippen LogP contribution in [-0.2, 0) is 6.54 Å². The van der Waals surface area contributed by atoms with E-state index in [1.807, 2.05) is 23.0 Å². The van der Waals surface area contributed by atoms with E-state index < -0.39 is 0 Å². The van der Waals surface area contributed by atoms with Gasteiger partial charge in [-0.1, -0.05) is 13.0 Å². The predicted octanol–water partition coefficient (Wildman–Crippen LogP) is 1.26. The summed E-state index contributed by atoms with van der Waals surface area (Å²) < 4.78 is 1.93. The molecule has 1 rings (SSSR count). The fourth-order valence-corrected chi connectivity index (χ4v) is 1.54.